The van der Waals surface area contributed by atoms with Crippen LogP contribution < -0.4 is 33.7 Å². The summed E-state index contributed by atoms with van der Waals surface area (Å²) in [6.07, 6.45) is 3.18. The summed E-state index contributed by atoms with van der Waals surface area (Å²) in [5.74, 6) is 1.66. The molecule has 0 spiro atoms. The molecule has 2 atom stereocenters. The van der Waals surface area contributed by atoms with Crippen molar-refractivity contribution in [2.24, 2.45) is 5.73 Å². The molecule has 0 aliphatic carbocycles. The van der Waals surface area contributed by atoms with Gasteiger partial charge in [-0.05, 0) is 65.3 Å². The highest BCUT2D eigenvalue weighted by molar-refractivity contribution is 7.56. The summed E-state index contributed by atoms with van der Waals surface area (Å²) in [5.41, 5.74) is 5.29. The molecule has 0 fully saturated rings. The number of benzene rings is 2. The maximum Gasteiger partial charge on any atom is 0.443 e. The molecule has 0 saturated carbocycles. The van der Waals surface area contributed by atoms with Gasteiger partial charge in [-0.25, -0.2) is 4.57 Å². The Morgan fingerprint density at radius 1 is 0.744 bits per heavy atom. The molecule has 9 nitrogen and oxygen atoms in total. The van der Waals surface area contributed by atoms with E-state index in [0.717, 1.165) is 19.3 Å². The average Bonchev–Trinajstić information content (AvgIpc) is 2.88. The molecule has 218 valence electrons. The van der Waals surface area contributed by atoms with Crippen LogP contribution in [0.5, 0.6) is 34.5 Å². The van der Waals surface area contributed by atoms with Crippen LogP contribution >= 0.6 is 7.60 Å². The lowest BCUT2D eigenvalue weighted by molar-refractivity contribution is -0.117. The Kier molecular flexibility index (Phi) is 13.5. The summed E-state index contributed by atoms with van der Waals surface area (Å²) in [7, 11) is -4.31. The van der Waals surface area contributed by atoms with Gasteiger partial charge >= 0.3 is 7.60 Å². The van der Waals surface area contributed by atoms with E-state index >= 15 is 0 Å². The third kappa shape index (κ3) is 9.36. The zero-order chi connectivity index (χ0) is 28.8. The second kappa shape index (κ2) is 16.3. The van der Waals surface area contributed by atoms with Crippen LogP contribution in [0.1, 0.15) is 67.2 Å². The molecule has 2 N–H and O–H groups in total. The summed E-state index contributed by atoms with van der Waals surface area (Å²) in [6.45, 7) is 12.4. The van der Waals surface area contributed by atoms with E-state index < -0.39 is 25.1 Å². The topological polar surface area (TPSA) is 116 Å². The number of nitrogens with two attached hydrogens (primary N) is 1. The predicted molar refractivity (Wildman–Crippen MR) is 153 cm³/mol. The van der Waals surface area contributed by atoms with Gasteiger partial charge in [-0.3, -0.25) is 4.79 Å². The van der Waals surface area contributed by atoms with Crippen molar-refractivity contribution >= 4 is 13.4 Å². The molecule has 0 amide bonds. The van der Waals surface area contributed by atoms with Crippen LogP contribution in [0.25, 0.3) is 0 Å². The van der Waals surface area contributed by atoms with Crippen molar-refractivity contribution in [1.29, 1.82) is 0 Å². The molecule has 0 bridgehead atoms. The van der Waals surface area contributed by atoms with Crippen LogP contribution in [0.3, 0.4) is 0 Å². The summed E-state index contributed by atoms with van der Waals surface area (Å²) >= 11 is 0. The van der Waals surface area contributed by atoms with E-state index in [4.69, 9.17) is 33.7 Å². The average molecular weight is 566 g/mol. The van der Waals surface area contributed by atoms with Crippen molar-refractivity contribution in [2.45, 2.75) is 78.9 Å². The third-order valence-electron chi connectivity index (χ3n) is 5.81. The van der Waals surface area contributed by atoms with Gasteiger partial charge in [-0.15, -0.1) is 0 Å². The maximum absolute atomic E-state index is 14.8. The van der Waals surface area contributed by atoms with Gasteiger partial charge in [0, 0.05) is 18.2 Å². The van der Waals surface area contributed by atoms with Crippen LogP contribution in [0.15, 0.2) is 36.4 Å². The van der Waals surface area contributed by atoms with E-state index in [1.54, 1.807) is 36.4 Å². The summed E-state index contributed by atoms with van der Waals surface area (Å²) in [5, 5.41) is 0. The number of carbonyl (C=O) groups is 1. The SMILES string of the molecule is CCCCCC(N)C(C(C)=O)P(=O)(Oc1ccc(OCC)cc1OCC)Oc1ccc(OCC)cc1OCC. The number of ketones is 1. The van der Waals surface area contributed by atoms with Crippen molar-refractivity contribution in [3.05, 3.63) is 36.4 Å². The number of hydrogen-bond donors (Lipinski definition) is 1. The fraction of sp³-hybridized carbons (Fsp3) is 0.552. The van der Waals surface area contributed by atoms with Gasteiger partial charge in [0.15, 0.2) is 28.7 Å². The lowest BCUT2D eigenvalue weighted by atomic mass is 10.0. The summed E-state index contributed by atoms with van der Waals surface area (Å²) in [6, 6.07) is 9.09. The minimum absolute atomic E-state index is 0.152. The first kappa shape index (κ1) is 32.3. The Morgan fingerprint density at radius 2 is 1.21 bits per heavy atom. The van der Waals surface area contributed by atoms with Crippen LogP contribution in [0.4, 0.5) is 0 Å². The van der Waals surface area contributed by atoms with Crippen molar-refractivity contribution < 1.29 is 37.4 Å². The highest BCUT2D eigenvalue weighted by atomic mass is 31.2. The Balaban J connectivity index is 2.62. The summed E-state index contributed by atoms with van der Waals surface area (Å²) in [4.78, 5) is 13.0. The van der Waals surface area contributed by atoms with E-state index in [9.17, 15) is 9.36 Å². The normalized spacial score (nSPS) is 12.8. The second-order valence-corrected chi connectivity index (χ2v) is 10.9. The Hall–Kier alpha value is -2.90. The Morgan fingerprint density at radius 3 is 1.59 bits per heavy atom. The third-order valence-corrected chi connectivity index (χ3v) is 8.14. The van der Waals surface area contributed by atoms with Crippen molar-refractivity contribution in [3.8, 4) is 34.5 Å². The first-order valence-electron chi connectivity index (χ1n) is 13.8. The lowest BCUT2D eigenvalue weighted by Gasteiger charge is -2.30. The zero-order valence-corrected chi connectivity index (χ0v) is 25.0. The number of rotatable bonds is 19. The summed E-state index contributed by atoms with van der Waals surface area (Å²) < 4.78 is 49.8. The number of unbranched alkanes of at least 4 members (excludes halogenated alkanes) is 2. The van der Waals surface area contributed by atoms with Gasteiger partial charge in [0.25, 0.3) is 0 Å². The molecule has 2 unspecified atom stereocenters. The molecule has 0 aliphatic rings. The molecule has 2 rings (SSSR count). The standard InChI is InChI=1S/C29H44NO8P/c1-7-12-13-14-24(30)29(21(6)31)39(32,37-25-17-15-22(33-8-2)19-27(25)35-10-4)38-26-18-16-23(34-9-3)20-28(26)36-11-5/h15-20,24,29H,7-14,30H2,1-6H3. The second-order valence-electron chi connectivity index (χ2n) is 8.89. The molecule has 0 aliphatic heterocycles. The van der Waals surface area contributed by atoms with E-state index in [1.165, 1.54) is 6.92 Å². The van der Waals surface area contributed by atoms with Gasteiger partial charge < -0.3 is 33.7 Å². The molecule has 10 heteroatoms. The van der Waals surface area contributed by atoms with Crippen molar-refractivity contribution in [2.75, 3.05) is 26.4 Å². The zero-order valence-electron chi connectivity index (χ0n) is 24.1. The molecule has 2 aromatic carbocycles. The molecule has 2 aromatic rings. The largest absolute Gasteiger partial charge is 0.494 e. The fourth-order valence-corrected chi connectivity index (χ4v) is 6.31. The molecule has 0 aromatic heterocycles. The van der Waals surface area contributed by atoms with Gasteiger partial charge in [-0.2, -0.15) is 0 Å². The van der Waals surface area contributed by atoms with Gasteiger partial charge in [0.1, 0.15) is 17.3 Å². The van der Waals surface area contributed by atoms with Crippen LogP contribution in [-0.4, -0.2) is 43.9 Å². The van der Waals surface area contributed by atoms with Crippen molar-refractivity contribution in [1.82, 2.24) is 0 Å². The minimum Gasteiger partial charge on any atom is -0.494 e. The minimum atomic E-state index is -4.31. The van der Waals surface area contributed by atoms with Crippen LogP contribution in [0.2, 0.25) is 0 Å². The Bertz CT molecular complexity index is 1030. The molecule has 0 saturated heterocycles. The Labute approximate surface area is 232 Å². The monoisotopic (exact) mass is 565 g/mol. The first-order valence-corrected chi connectivity index (χ1v) is 15.4. The van der Waals surface area contributed by atoms with E-state index in [2.05, 4.69) is 6.92 Å². The van der Waals surface area contributed by atoms with E-state index in [1.807, 2.05) is 27.7 Å². The lowest BCUT2D eigenvalue weighted by Crippen LogP contribution is -2.41. The fourth-order valence-electron chi connectivity index (χ4n) is 4.13. The van der Waals surface area contributed by atoms with E-state index in [0.29, 0.717) is 55.8 Å². The van der Waals surface area contributed by atoms with Crippen LogP contribution in [-0.2, 0) is 9.36 Å². The van der Waals surface area contributed by atoms with Gasteiger partial charge in [-0.1, -0.05) is 26.2 Å². The number of hydrogen-bond acceptors (Lipinski definition) is 9. The number of carbonyl (C=O) groups excluding carboxylic acids is 1. The highest BCUT2D eigenvalue weighted by Crippen LogP contribution is 2.57. The predicted octanol–water partition coefficient (Wildman–Crippen LogP) is 6.80. The highest BCUT2D eigenvalue weighted by Gasteiger charge is 2.47. The first-order chi connectivity index (χ1) is 18.7. The van der Waals surface area contributed by atoms with E-state index in [-0.39, 0.29) is 11.5 Å². The van der Waals surface area contributed by atoms with Crippen molar-refractivity contribution in [3.63, 3.8) is 0 Å². The van der Waals surface area contributed by atoms with Crippen LogP contribution in [0, 0.1) is 0 Å². The number of ether oxygens (including phenoxy) is 4. The molecule has 39 heavy (non-hydrogen) atoms. The molecule has 0 heterocycles. The smallest absolute Gasteiger partial charge is 0.443 e. The molecule has 0 radical (unpaired) electrons. The molecular weight excluding hydrogens is 521 g/mol. The molecular formula is C29H44NO8P. The quantitative estimate of drug-likeness (QED) is 0.145. The maximum atomic E-state index is 14.8. The number of Topliss-reactive ketones (excluding diaryl/α,β-unsaturated/α-hetero) is 1. The van der Waals surface area contributed by atoms with Gasteiger partial charge in [0.05, 0.1) is 26.4 Å². The van der Waals surface area contributed by atoms with Gasteiger partial charge in [0.2, 0.25) is 0 Å².